The Morgan fingerprint density at radius 2 is 1.77 bits per heavy atom. The molecule has 0 fully saturated rings. The van der Waals surface area contributed by atoms with E-state index >= 15 is 0 Å². The molecule has 0 radical (unpaired) electrons. The largest absolute Gasteiger partial charge is 0.437 e. The van der Waals surface area contributed by atoms with Crippen LogP contribution in [0.2, 0.25) is 0 Å². The van der Waals surface area contributed by atoms with Crippen molar-refractivity contribution in [1.82, 2.24) is 9.97 Å². The first-order valence-corrected chi connectivity index (χ1v) is 9.60. The van der Waals surface area contributed by atoms with Gasteiger partial charge >= 0.3 is 0 Å². The first kappa shape index (κ1) is 9.78. The molecule has 0 spiro atoms. The van der Waals surface area contributed by atoms with Gasteiger partial charge in [-0.25, -0.2) is 4.98 Å². The van der Waals surface area contributed by atoms with Crippen LogP contribution in [-0.4, -0.2) is 9.97 Å². The lowest BCUT2D eigenvalue weighted by Crippen LogP contribution is -2.19. The summed E-state index contributed by atoms with van der Waals surface area (Å²) in [5.74, 6) is 0. The summed E-state index contributed by atoms with van der Waals surface area (Å²) in [7, 11) is 0. The molecule has 2 aromatic carbocycles. The molecule has 31 heavy (non-hydrogen) atoms. The fourth-order valence-electron chi connectivity index (χ4n) is 3.64. The average Bonchev–Trinajstić information content (AvgIpc) is 3.30. The van der Waals surface area contributed by atoms with E-state index in [0.717, 1.165) is 23.9 Å². The standard InChI is InChI=1S/C28H26N2O/c1-4-28(3,5-2)20-16-17-29-25(18-20)23-13-9-12-21-22-14-15-24(19-10-7-6-8-11-19)30-27(22)31-26(21)23/h6-18H,4-5H2,1-3H3/i1D3,2D3,3D3,4D2,5D2. The van der Waals surface area contributed by atoms with Gasteiger partial charge in [0.15, 0.2) is 0 Å². The maximum absolute atomic E-state index is 8.59. The summed E-state index contributed by atoms with van der Waals surface area (Å²) in [6.07, 6.45) is -6.74. The topological polar surface area (TPSA) is 38.9 Å². The molecule has 3 aromatic heterocycles. The summed E-state index contributed by atoms with van der Waals surface area (Å²) in [5, 5.41) is 1.28. The van der Waals surface area contributed by atoms with E-state index in [9.17, 15) is 0 Å². The van der Waals surface area contributed by atoms with E-state index in [2.05, 4.69) is 9.97 Å². The summed E-state index contributed by atoms with van der Waals surface area (Å²) in [5.41, 5.74) is -2.06. The number of nitrogens with zero attached hydrogens (tertiary/aromatic N) is 2. The quantitative estimate of drug-likeness (QED) is 0.292. The molecule has 0 bridgehead atoms. The highest BCUT2D eigenvalue weighted by molar-refractivity contribution is 6.08. The minimum absolute atomic E-state index is 0.0215. The van der Waals surface area contributed by atoms with Gasteiger partial charge in [0.25, 0.3) is 0 Å². The van der Waals surface area contributed by atoms with Gasteiger partial charge in [-0.3, -0.25) is 4.98 Å². The predicted octanol–water partition coefficient (Wildman–Crippen LogP) is 7.79. The molecule has 0 amide bonds. The maximum atomic E-state index is 8.59. The summed E-state index contributed by atoms with van der Waals surface area (Å²) in [6, 6.07) is 20.1. The normalized spacial score (nSPS) is 20.3. The average molecular weight is 420 g/mol. The van der Waals surface area contributed by atoms with Gasteiger partial charge < -0.3 is 4.42 Å². The number of pyridine rings is 2. The number of aromatic nitrogens is 2. The van der Waals surface area contributed by atoms with Crippen molar-refractivity contribution >= 4 is 22.1 Å². The molecule has 0 N–H and O–H groups in total. The van der Waals surface area contributed by atoms with Gasteiger partial charge in [0.05, 0.1) is 11.4 Å². The fourth-order valence-corrected chi connectivity index (χ4v) is 3.64. The first-order chi connectivity index (χ1) is 20.3. The van der Waals surface area contributed by atoms with Crippen LogP contribution in [0.15, 0.2) is 83.4 Å². The molecule has 5 aromatic rings. The van der Waals surface area contributed by atoms with Crippen LogP contribution in [0.4, 0.5) is 0 Å². The van der Waals surface area contributed by atoms with Crippen LogP contribution >= 0.6 is 0 Å². The summed E-state index contributed by atoms with van der Waals surface area (Å²) >= 11 is 0. The van der Waals surface area contributed by atoms with Crippen molar-refractivity contribution in [2.75, 3.05) is 0 Å². The molecular formula is C28H26N2O. The number of hydrogen-bond acceptors (Lipinski definition) is 3. The second-order valence-electron chi connectivity index (χ2n) is 7.13. The minimum Gasteiger partial charge on any atom is -0.437 e. The second kappa shape index (κ2) is 7.66. The Morgan fingerprint density at radius 1 is 0.903 bits per heavy atom. The smallest absolute Gasteiger partial charge is 0.227 e. The van der Waals surface area contributed by atoms with Crippen LogP contribution in [0.5, 0.6) is 0 Å². The Morgan fingerprint density at radius 3 is 2.58 bits per heavy atom. The molecule has 0 saturated heterocycles. The Kier molecular flexibility index (Phi) is 2.42. The molecule has 5 rings (SSSR count). The lowest BCUT2D eigenvalue weighted by atomic mass is 9.78. The first-order valence-electron chi connectivity index (χ1n) is 16.1. The van der Waals surface area contributed by atoms with Gasteiger partial charge in [-0.05, 0) is 54.1 Å². The Bertz CT molecular complexity index is 1810. The van der Waals surface area contributed by atoms with Crippen molar-refractivity contribution < 1.29 is 22.2 Å². The van der Waals surface area contributed by atoms with Crippen molar-refractivity contribution in [3.05, 3.63) is 84.6 Å². The van der Waals surface area contributed by atoms with Gasteiger partial charge in [-0.2, -0.15) is 0 Å². The third-order valence-corrected chi connectivity index (χ3v) is 5.28. The highest BCUT2D eigenvalue weighted by Crippen LogP contribution is 2.37. The number of rotatable bonds is 5. The van der Waals surface area contributed by atoms with Crippen LogP contribution < -0.4 is 0 Å². The molecule has 3 heteroatoms. The van der Waals surface area contributed by atoms with Crippen LogP contribution in [0.1, 0.15) is 56.7 Å². The van der Waals surface area contributed by atoms with E-state index in [-0.39, 0.29) is 16.8 Å². The van der Waals surface area contributed by atoms with Gasteiger partial charge in [-0.15, -0.1) is 0 Å². The molecule has 0 saturated carbocycles. The van der Waals surface area contributed by atoms with Crippen LogP contribution in [0.25, 0.3) is 44.6 Å². The number of para-hydroxylation sites is 1. The predicted molar refractivity (Wildman–Crippen MR) is 128 cm³/mol. The zero-order valence-corrected chi connectivity index (χ0v) is 16.3. The van der Waals surface area contributed by atoms with Crippen molar-refractivity contribution in [3.8, 4) is 22.5 Å². The van der Waals surface area contributed by atoms with Crippen LogP contribution in [0.3, 0.4) is 0 Å². The Hall–Kier alpha value is -3.46. The zero-order valence-electron chi connectivity index (χ0n) is 29.3. The van der Waals surface area contributed by atoms with Gasteiger partial charge in [0.2, 0.25) is 5.71 Å². The molecule has 0 aliphatic heterocycles. The number of hydrogen-bond donors (Lipinski definition) is 0. The maximum Gasteiger partial charge on any atom is 0.227 e. The Labute approximate surface area is 201 Å². The highest BCUT2D eigenvalue weighted by Gasteiger charge is 2.23. The molecule has 154 valence electrons. The van der Waals surface area contributed by atoms with E-state index < -0.39 is 44.3 Å². The summed E-state index contributed by atoms with van der Waals surface area (Å²) < 4.78 is 113. The lowest BCUT2D eigenvalue weighted by molar-refractivity contribution is 0.438. The highest BCUT2D eigenvalue weighted by atomic mass is 16.3. The van der Waals surface area contributed by atoms with Crippen molar-refractivity contribution in [1.29, 1.82) is 0 Å². The monoisotopic (exact) mass is 419 g/mol. The molecule has 0 aliphatic carbocycles. The zero-order chi connectivity index (χ0) is 32.5. The Balaban J connectivity index is 1.79. The van der Waals surface area contributed by atoms with E-state index in [0.29, 0.717) is 22.2 Å². The van der Waals surface area contributed by atoms with E-state index in [1.807, 2.05) is 42.5 Å². The number of benzene rings is 2. The number of fused-ring (bicyclic) bond motifs is 3. The fraction of sp³-hybridized carbons (Fsp3) is 0.214. The molecular weight excluding hydrogens is 380 g/mol. The van der Waals surface area contributed by atoms with Gasteiger partial charge in [0, 0.05) is 45.9 Å². The van der Waals surface area contributed by atoms with Crippen molar-refractivity contribution in [2.24, 2.45) is 0 Å². The van der Waals surface area contributed by atoms with Gasteiger partial charge in [0.1, 0.15) is 5.58 Å². The van der Waals surface area contributed by atoms with Crippen molar-refractivity contribution in [2.45, 2.75) is 38.7 Å². The lowest BCUT2D eigenvalue weighted by Gasteiger charge is -2.27. The SMILES string of the molecule is [2H]C([2H])([2H])C([2H])([2H])C(c1ccnc(-c2cccc3c2oc2nc(-c4ccccc4)ccc23)c1)(C([2H])([2H])[2H])C([2H])([2H])C([2H])([2H])[2H]. The van der Waals surface area contributed by atoms with Crippen LogP contribution in [-0.2, 0) is 5.41 Å². The molecule has 0 atom stereocenters. The third kappa shape index (κ3) is 3.31. The van der Waals surface area contributed by atoms with Crippen molar-refractivity contribution in [3.63, 3.8) is 0 Å². The van der Waals surface area contributed by atoms with E-state index in [1.165, 1.54) is 0 Å². The molecule has 0 aliphatic rings. The molecule has 3 heterocycles. The molecule has 0 unspecified atom stereocenters. The second-order valence-corrected chi connectivity index (χ2v) is 7.13. The third-order valence-electron chi connectivity index (χ3n) is 5.28. The van der Waals surface area contributed by atoms with E-state index in [1.54, 1.807) is 18.2 Å². The number of furan rings is 1. The van der Waals surface area contributed by atoms with Crippen LogP contribution in [0, 0.1) is 0 Å². The summed E-state index contributed by atoms with van der Waals surface area (Å²) in [4.78, 5) is 8.93. The minimum atomic E-state index is -3.90. The van der Waals surface area contributed by atoms with E-state index in [4.69, 9.17) is 22.2 Å². The molecule has 3 nitrogen and oxygen atoms in total. The van der Waals surface area contributed by atoms with Gasteiger partial charge in [-0.1, -0.05) is 63.0 Å². The summed E-state index contributed by atoms with van der Waals surface area (Å²) in [6.45, 7) is -11.3.